The Balaban J connectivity index is 1.20. The third-order valence-corrected chi connectivity index (χ3v) is 10.7. The number of nitrogens with zero attached hydrogens (tertiary/aromatic N) is 2. The number of benzene rings is 6. The molecule has 1 atom stereocenters. The Bertz CT molecular complexity index is 2500. The molecule has 1 aliphatic rings. The molecule has 2 heterocycles. The van der Waals surface area contributed by atoms with E-state index in [1.165, 1.54) is 0 Å². The third-order valence-electron chi connectivity index (χ3n) is 8.87. The summed E-state index contributed by atoms with van der Waals surface area (Å²) in [5.41, 5.74) is 8.34. The molecule has 228 valence electrons. The second-order valence-electron chi connectivity index (χ2n) is 11.8. The molecular weight excluding hydrogens is 601 g/mol. The number of fused-ring (bicyclic) bond motifs is 6. The maximum absolute atomic E-state index is 13.9. The SMILES string of the molecule is CC(=NC(=NC(C)c1ccccc1)c1ccccc1)c1ccc2c(c1)S(=O)(=O)c1ccc(-c3cccc4oc5ccccc5c34)cc1-2. The van der Waals surface area contributed by atoms with Gasteiger partial charge in [0.1, 0.15) is 11.2 Å². The predicted molar refractivity (Wildman–Crippen MR) is 190 cm³/mol. The molecule has 0 amide bonds. The van der Waals surface area contributed by atoms with Gasteiger partial charge < -0.3 is 4.42 Å². The van der Waals surface area contributed by atoms with E-state index in [1.807, 2.05) is 117 Å². The first-order valence-electron chi connectivity index (χ1n) is 15.6. The van der Waals surface area contributed by atoms with Gasteiger partial charge in [0.25, 0.3) is 0 Å². The van der Waals surface area contributed by atoms with E-state index in [2.05, 4.69) is 24.3 Å². The molecule has 0 saturated heterocycles. The lowest BCUT2D eigenvalue weighted by atomic mass is 9.95. The summed E-state index contributed by atoms with van der Waals surface area (Å²) in [6, 6.07) is 45.0. The fraction of sp³-hybridized carbons (Fsp3) is 0.0732. The first-order chi connectivity index (χ1) is 22.9. The van der Waals surface area contributed by atoms with Crippen LogP contribution in [0, 0.1) is 0 Å². The Morgan fingerprint density at radius 2 is 1.36 bits per heavy atom. The van der Waals surface area contributed by atoms with Crippen molar-refractivity contribution in [2.24, 2.45) is 9.98 Å². The van der Waals surface area contributed by atoms with Gasteiger partial charge in [0.15, 0.2) is 5.84 Å². The fourth-order valence-corrected chi connectivity index (χ4v) is 8.13. The lowest BCUT2D eigenvalue weighted by Gasteiger charge is -2.11. The maximum atomic E-state index is 13.9. The van der Waals surface area contributed by atoms with Crippen molar-refractivity contribution in [3.8, 4) is 22.3 Å². The number of para-hydroxylation sites is 1. The molecule has 0 bridgehead atoms. The molecule has 7 aromatic rings. The minimum Gasteiger partial charge on any atom is -0.456 e. The quantitative estimate of drug-likeness (QED) is 0.140. The topological polar surface area (TPSA) is 72.0 Å². The van der Waals surface area contributed by atoms with E-state index in [0.29, 0.717) is 32.5 Å². The van der Waals surface area contributed by atoms with Crippen LogP contribution in [0.1, 0.15) is 36.6 Å². The zero-order valence-electron chi connectivity index (χ0n) is 25.9. The zero-order valence-corrected chi connectivity index (χ0v) is 26.7. The summed E-state index contributed by atoms with van der Waals surface area (Å²) in [6.07, 6.45) is 0. The summed E-state index contributed by atoms with van der Waals surface area (Å²) in [5, 5.41) is 2.05. The highest BCUT2D eigenvalue weighted by molar-refractivity contribution is 7.92. The van der Waals surface area contributed by atoms with Gasteiger partial charge in [-0.3, -0.25) is 4.99 Å². The molecule has 1 unspecified atom stereocenters. The third kappa shape index (κ3) is 4.98. The Morgan fingerprint density at radius 1 is 0.638 bits per heavy atom. The lowest BCUT2D eigenvalue weighted by molar-refractivity contribution is 0.598. The first-order valence-corrected chi connectivity index (χ1v) is 17.0. The van der Waals surface area contributed by atoms with E-state index < -0.39 is 9.84 Å². The number of sulfone groups is 1. The Kier molecular flexibility index (Phi) is 6.96. The number of furan rings is 1. The van der Waals surface area contributed by atoms with Crippen molar-refractivity contribution < 1.29 is 12.8 Å². The van der Waals surface area contributed by atoms with E-state index in [9.17, 15) is 8.42 Å². The van der Waals surface area contributed by atoms with Crippen LogP contribution in [-0.2, 0) is 9.84 Å². The summed E-state index contributed by atoms with van der Waals surface area (Å²) in [7, 11) is -3.73. The van der Waals surface area contributed by atoms with Gasteiger partial charge in [0, 0.05) is 33.2 Å². The van der Waals surface area contributed by atoms with Crippen LogP contribution in [0.25, 0.3) is 44.2 Å². The minimum atomic E-state index is -3.73. The van der Waals surface area contributed by atoms with Gasteiger partial charge in [-0.1, -0.05) is 109 Å². The molecule has 0 N–H and O–H groups in total. The summed E-state index contributed by atoms with van der Waals surface area (Å²) in [4.78, 5) is 10.6. The zero-order chi connectivity index (χ0) is 32.1. The van der Waals surface area contributed by atoms with Gasteiger partial charge >= 0.3 is 0 Å². The first kappa shape index (κ1) is 28.9. The molecule has 0 spiro atoms. The molecular formula is C41H30N2O3S. The van der Waals surface area contributed by atoms with E-state index in [4.69, 9.17) is 14.4 Å². The molecule has 0 radical (unpaired) electrons. The van der Waals surface area contributed by atoms with Crippen LogP contribution < -0.4 is 0 Å². The Hall–Kier alpha value is -5.59. The molecule has 47 heavy (non-hydrogen) atoms. The summed E-state index contributed by atoms with van der Waals surface area (Å²) in [6.45, 7) is 3.95. The molecule has 6 heteroatoms. The second-order valence-corrected chi connectivity index (χ2v) is 13.7. The average molecular weight is 631 g/mol. The predicted octanol–water partition coefficient (Wildman–Crippen LogP) is 10.1. The highest BCUT2D eigenvalue weighted by Gasteiger charge is 2.33. The monoisotopic (exact) mass is 630 g/mol. The highest BCUT2D eigenvalue weighted by Crippen LogP contribution is 2.46. The maximum Gasteiger partial charge on any atom is 0.207 e. The van der Waals surface area contributed by atoms with Gasteiger partial charge in [-0.25, -0.2) is 13.4 Å². The van der Waals surface area contributed by atoms with E-state index in [1.54, 1.807) is 12.1 Å². The van der Waals surface area contributed by atoms with Crippen molar-refractivity contribution in [2.45, 2.75) is 29.7 Å². The number of amidine groups is 1. The van der Waals surface area contributed by atoms with Crippen molar-refractivity contribution in [3.63, 3.8) is 0 Å². The standard InChI is InChI=1S/C41H30N2O3S/c1-26(28-12-5-3-6-13-28)42-41(29-14-7-4-8-15-29)43-27(2)30-20-22-33-35-24-31(21-23-38(35)47(44,45)39(33)25-30)32-17-11-19-37-40(32)34-16-9-10-18-36(34)46-37/h3-26H,1-2H3. The second kappa shape index (κ2) is 11.3. The smallest absolute Gasteiger partial charge is 0.207 e. The summed E-state index contributed by atoms with van der Waals surface area (Å²) in [5.74, 6) is 0.594. The summed E-state index contributed by atoms with van der Waals surface area (Å²) < 4.78 is 33.9. The van der Waals surface area contributed by atoms with E-state index >= 15 is 0 Å². The van der Waals surface area contributed by atoms with Crippen LogP contribution in [0.15, 0.2) is 164 Å². The van der Waals surface area contributed by atoms with Crippen LogP contribution in [0.3, 0.4) is 0 Å². The van der Waals surface area contributed by atoms with E-state index in [0.717, 1.165) is 49.8 Å². The van der Waals surface area contributed by atoms with Crippen molar-refractivity contribution in [1.29, 1.82) is 0 Å². The lowest BCUT2D eigenvalue weighted by Crippen LogP contribution is -2.06. The Labute approximate surface area is 273 Å². The molecule has 5 nitrogen and oxygen atoms in total. The van der Waals surface area contributed by atoms with Gasteiger partial charge in [-0.05, 0) is 66.4 Å². The molecule has 0 saturated carbocycles. The molecule has 0 aliphatic carbocycles. The average Bonchev–Trinajstić information content (AvgIpc) is 3.60. The van der Waals surface area contributed by atoms with E-state index in [-0.39, 0.29) is 6.04 Å². The highest BCUT2D eigenvalue weighted by atomic mass is 32.2. The van der Waals surface area contributed by atoms with Crippen LogP contribution >= 0.6 is 0 Å². The minimum absolute atomic E-state index is 0.113. The largest absolute Gasteiger partial charge is 0.456 e. The molecule has 0 fully saturated rings. The normalized spacial score (nSPS) is 14.7. The fourth-order valence-electron chi connectivity index (χ4n) is 6.44. The van der Waals surface area contributed by atoms with Gasteiger partial charge in [-0.15, -0.1) is 0 Å². The molecule has 1 aliphatic heterocycles. The molecule has 1 aromatic heterocycles. The van der Waals surface area contributed by atoms with Crippen LogP contribution in [0.4, 0.5) is 0 Å². The number of rotatable bonds is 5. The van der Waals surface area contributed by atoms with Crippen molar-refractivity contribution in [2.75, 3.05) is 0 Å². The van der Waals surface area contributed by atoms with Crippen molar-refractivity contribution >= 4 is 43.3 Å². The van der Waals surface area contributed by atoms with Gasteiger partial charge in [0.2, 0.25) is 9.84 Å². The number of hydrogen-bond donors (Lipinski definition) is 0. The van der Waals surface area contributed by atoms with Crippen molar-refractivity contribution in [3.05, 3.63) is 156 Å². The molecule has 8 rings (SSSR count). The van der Waals surface area contributed by atoms with Crippen molar-refractivity contribution in [1.82, 2.24) is 0 Å². The van der Waals surface area contributed by atoms with Gasteiger partial charge in [-0.2, -0.15) is 0 Å². The van der Waals surface area contributed by atoms with Crippen LogP contribution in [-0.4, -0.2) is 20.0 Å². The van der Waals surface area contributed by atoms with Gasteiger partial charge in [0.05, 0.1) is 15.8 Å². The molecule has 6 aromatic carbocycles. The van der Waals surface area contributed by atoms with Crippen LogP contribution in [0.2, 0.25) is 0 Å². The Morgan fingerprint density at radius 3 is 2.17 bits per heavy atom. The van der Waals surface area contributed by atoms with Crippen LogP contribution in [0.5, 0.6) is 0 Å². The number of aliphatic imine (C=N–C) groups is 2. The number of hydrogen-bond acceptors (Lipinski definition) is 4. The summed E-state index contributed by atoms with van der Waals surface area (Å²) >= 11 is 0.